The van der Waals surface area contributed by atoms with Gasteiger partial charge in [-0.1, -0.05) is 19.3 Å². The molecule has 2 rings (SSSR count). The minimum atomic E-state index is -3.46. The van der Waals surface area contributed by atoms with Gasteiger partial charge < -0.3 is 5.73 Å². The second-order valence-corrected chi connectivity index (χ2v) is 8.26. The van der Waals surface area contributed by atoms with Crippen LogP contribution < -0.4 is 5.73 Å². The Hall–Kier alpha value is -1.07. The van der Waals surface area contributed by atoms with Crippen LogP contribution in [0.4, 0.5) is 5.69 Å². The first-order chi connectivity index (χ1) is 9.82. The van der Waals surface area contributed by atoms with E-state index in [1.165, 1.54) is 23.6 Å². The molecule has 0 radical (unpaired) electrons. The monoisotopic (exact) mass is 310 g/mol. The zero-order chi connectivity index (χ0) is 15.6. The van der Waals surface area contributed by atoms with Gasteiger partial charge in [-0.05, 0) is 55.9 Å². The second kappa shape index (κ2) is 6.36. The molecule has 2 N–H and O–H groups in total. The first kappa shape index (κ1) is 16.3. The van der Waals surface area contributed by atoms with Crippen LogP contribution in [0.15, 0.2) is 17.0 Å². The molecule has 0 saturated heterocycles. The molecule has 1 fully saturated rings. The molecule has 1 aromatic rings. The van der Waals surface area contributed by atoms with Gasteiger partial charge in [-0.25, -0.2) is 12.7 Å². The highest BCUT2D eigenvalue weighted by Gasteiger charge is 2.26. The summed E-state index contributed by atoms with van der Waals surface area (Å²) < 4.78 is 27.1. The number of nitrogens with two attached hydrogens (primary N) is 1. The third-order valence-electron chi connectivity index (χ3n) is 4.57. The molecule has 21 heavy (non-hydrogen) atoms. The molecular formula is C16H26N2O2S. The van der Waals surface area contributed by atoms with Crippen LogP contribution in [0.5, 0.6) is 0 Å². The molecule has 0 heterocycles. The van der Waals surface area contributed by atoms with E-state index >= 15 is 0 Å². The van der Waals surface area contributed by atoms with E-state index in [4.69, 9.17) is 5.73 Å². The smallest absolute Gasteiger partial charge is 0.243 e. The summed E-state index contributed by atoms with van der Waals surface area (Å²) in [6.07, 6.45) is 5.98. The summed E-state index contributed by atoms with van der Waals surface area (Å²) in [5, 5.41) is 0. The van der Waals surface area contributed by atoms with Crippen LogP contribution in [0.3, 0.4) is 0 Å². The van der Waals surface area contributed by atoms with Crippen molar-refractivity contribution in [1.82, 2.24) is 4.31 Å². The highest BCUT2D eigenvalue weighted by Crippen LogP contribution is 2.28. The Kier molecular flexibility index (Phi) is 4.94. The number of hydrogen-bond donors (Lipinski definition) is 1. The molecule has 1 saturated carbocycles. The molecule has 1 aliphatic rings. The number of sulfonamides is 1. The number of nitrogens with zero attached hydrogens (tertiary/aromatic N) is 1. The minimum absolute atomic E-state index is 0.346. The molecule has 118 valence electrons. The fourth-order valence-corrected chi connectivity index (χ4v) is 4.70. The first-order valence-corrected chi connectivity index (χ1v) is 9.09. The van der Waals surface area contributed by atoms with Crippen molar-refractivity contribution in [3.05, 3.63) is 23.3 Å². The molecule has 5 heteroatoms. The molecule has 0 amide bonds. The predicted molar refractivity (Wildman–Crippen MR) is 86.7 cm³/mol. The lowest BCUT2D eigenvalue weighted by atomic mass is 9.89. The van der Waals surface area contributed by atoms with E-state index in [2.05, 4.69) is 0 Å². The third kappa shape index (κ3) is 3.58. The number of nitrogen functional groups attached to an aromatic ring is 1. The SMILES string of the molecule is Cc1cc(N)cc(S(=O)(=O)N(C)CC2CCCCC2)c1C. The van der Waals surface area contributed by atoms with E-state index in [1.54, 1.807) is 13.1 Å². The van der Waals surface area contributed by atoms with Gasteiger partial charge in [0.05, 0.1) is 4.90 Å². The van der Waals surface area contributed by atoms with E-state index in [0.29, 0.717) is 23.0 Å². The van der Waals surface area contributed by atoms with Gasteiger partial charge in [0.2, 0.25) is 10.0 Å². The Morgan fingerprint density at radius 2 is 1.81 bits per heavy atom. The van der Waals surface area contributed by atoms with Crippen molar-refractivity contribution < 1.29 is 8.42 Å². The Labute approximate surface area is 128 Å². The minimum Gasteiger partial charge on any atom is -0.399 e. The zero-order valence-electron chi connectivity index (χ0n) is 13.2. The van der Waals surface area contributed by atoms with Crippen molar-refractivity contribution >= 4 is 15.7 Å². The fraction of sp³-hybridized carbons (Fsp3) is 0.625. The van der Waals surface area contributed by atoms with Gasteiger partial charge in [0.15, 0.2) is 0 Å². The third-order valence-corrected chi connectivity index (χ3v) is 6.52. The summed E-state index contributed by atoms with van der Waals surface area (Å²) in [7, 11) is -1.78. The van der Waals surface area contributed by atoms with Gasteiger partial charge >= 0.3 is 0 Å². The van der Waals surface area contributed by atoms with Crippen LogP contribution >= 0.6 is 0 Å². The van der Waals surface area contributed by atoms with E-state index in [-0.39, 0.29) is 0 Å². The van der Waals surface area contributed by atoms with Crippen LogP contribution in [0.2, 0.25) is 0 Å². The van der Waals surface area contributed by atoms with Crippen molar-refractivity contribution in [2.45, 2.75) is 50.8 Å². The maximum atomic E-state index is 12.8. The van der Waals surface area contributed by atoms with E-state index < -0.39 is 10.0 Å². The Bertz CT molecular complexity index is 605. The Morgan fingerprint density at radius 1 is 1.19 bits per heavy atom. The number of benzene rings is 1. The number of aryl methyl sites for hydroxylation is 1. The van der Waals surface area contributed by atoms with E-state index in [1.807, 2.05) is 19.9 Å². The van der Waals surface area contributed by atoms with Gasteiger partial charge in [0.1, 0.15) is 0 Å². The number of rotatable bonds is 4. The lowest BCUT2D eigenvalue weighted by Gasteiger charge is -2.27. The van der Waals surface area contributed by atoms with Gasteiger partial charge in [0, 0.05) is 19.3 Å². The van der Waals surface area contributed by atoms with Crippen LogP contribution in [-0.4, -0.2) is 26.3 Å². The van der Waals surface area contributed by atoms with Crippen molar-refractivity contribution in [3.63, 3.8) is 0 Å². The molecule has 1 aromatic carbocycles. The quantitative estimate of drug-likeness (QED) is 0.869. The average Bonchev–Trinajstić information content (AvgIpc) is 2.43. The molecule has 0 atom stereocenters. The summed E-state index contributed by atoms with van der Waals surface area (Å²) >= 11 is 0. The Morgan fingerprint density at radius 3 is 2.43 bits per heavy atom. The number of hydrogen-bond acceptors (Lipinski definition) is 3. The normalized spacial score (nSPS) is 17.3. The van der Waals surface area contributed by atoms with Crippen LogP contribution in [0.25, 0.3) is 0 Å². The summed E-state index contributed by atoms with van der Waals surface area (Å²) in [6, 6.07) is 3.39. The number of anilines is 1. The summed E-state index contributed by atoms with van der Waals surface area (Å²) in [4.78, 5) is 0.346. The summed E-state index contributed by atoms with van der Waals surface area (Å²) in [5.41, 5.74) is 8.04. The van der Waals surface area contributed by atoms with Crippen molar-refractivity contribution in [1.29, 1.82) is 0 Å². The fourth-order valence-electron chi connectivity index (χ4n) is 3.12. The molecule has 0 bridgehead atoms. The second-order valence-electron chi connectivity index (χ2n) is 6.25. The standard InChI is InChI=1S/C16H26N2O2S/c1-12-9-15(17)10-16(13(12)2)21(19,20)18(3)11-14-7-5-4-6-8-14/h9-10,14H,4-8,11,17H2,1-3H3. The first-order valence-electron chi connectivity index (χ1n) is 7.65. The average molecular weight is 310 g/mol. The van der Waals surface area contributed by atoms with Crippen molar-refractivity contribution in [2.75, 3.05) is 19.3 Å². The molecule has 0 spiro atoms. The van der Waals surface area contributed by atoms with Gasteiger partial charge in [-0.15, -0.1) is 0 Å². The van der Waals surface area contributed by atoms with Gasteiger partial charge in [0.25, 0.3) is 0 Å². The molecule has 0 unspecified atom stereocenters. The molecule has 0 aliphatic heterocycles. The maximum Gasteiger partial charge on any atom is 0.243 e. The maximum absolute atomic E-state index is 12.8. The predicted octanol–water partition coefficient (Wildman–Crippen LogP) is 3.09. The van der Waals surface area contributed by atoms with Crippen LogP contribution in [0, 0.1) is 19.8 Å². The lowest BCUT2D eigenvalue weighted by molar-refractivity contribution is 0.300. The van der Waals surface area contributed by atoms with Crippen molar-refractivity contribution in [2.24, 2.45) is 5.92 Å². The van der Waals surface area contributed by atoms with Crippen molar-refractivity contribution in [3.8, 4) is 0 Å². The highest BCUT2D eigenvalue weighted by molar-refractivity contribution is 7.89. The van der Waals surface area contributed by atoms with Crippen LogP contribution in [0.1, 0.15) is 43.2 Å². The molecule has 0 aromatic heterocycles. The molecular weight excluding hydrogens is 284 g/mol. The van der Waals surface area contributed by atoms with Gasteiger partial charge in [-0.2, -0.15) is 0 Å². The van der Waals surface area contributed by atoms with E-state index in [9.17, 15) is 8.42 Å². The Balaban J connectivity index is 2.24. The lowest BCUT2D eigenvalue weighted by Crippen LogP contribution is -2.33. The largest absolute Gasteiger partial charge is 0.399 e. The summed E-state index contributed by atoms with van der Waals surface area (Å²) in [5.74, 6) is 0.487. The van der Waals surface area contributed by atoms with Crippen LogP contribution in [-0.2, 0) is 10.0 Å². The van der Waals surface area contributed by atoms with Gasteiger partial charge in [-0.3, -0.25) is 0 Å². The summed E-state index contributed by atoms with van der Waals surface area (Å²) in [6.45, 7) is 4.34. The molecule has 1 aliphatic carbocycles. The van der Waals surface area contributed by atoms with E-state index in [0.717, 1.165) is 24.0 Å². The highest BCUT2D eigenvalue weighted by atomic mass is 32.2. The topological polar surface area (TPSA) is 63.4 Å². The molecule has 4 nitrogen and oxygen atoms in total. The zero-order valence-corrected chi connectivity index (χ0v) is 14.0.